The van der Waals surface area contributed by atoms with Crippen LogP contribution in [0.1, 0.15) is 38.7 Å². The average molecular weight is 435 g/mol. The van der Waals surface area contributed by atoms with Crippen LogP contribution in [0.4, 0.5) is 11.4 Å². The van der Waals surface area contributed by atoms with Crippen LogP contribution >= 0.6 is 11.8 Å². The molecule has 0 spiro atoms. The highest BCUT2D eigenvalue weighted by Gasteiger charge is 2.39. The Balaban J connectivity index is 1.42. The highest BCUT2D eigenvalue weighted by atomic mass is 32.2. The van der Waals surface area contributed by atoms with E-state index in [4.69, 9.17) is 0 Å². The summed E-state index contributed by atoms with van der Waals surface area (Å²) in [5.74, 6) is 0. The number of rotatable bonds is 8. The van der Waals surface area contributed by atoms with Gasteiger partial charge in [-0.25, -0.2) is 0 Å². The zero-order valence-electron chi connectivity index (χ0n) is 18.8. The van der Waals surface area contributed by atoms with Gasteiger partial charge in [-0.1, -0.05) is 49.9 Å². The third kappa shape index (κ3) is 4.06. The molecule has 2 aromatic carbocycles. The smallest absolute Gasteiger partial charge is 0.159 e. The quantitative estimate of drug-likeness (QED) is 0.540. The number of hydrogen-bond acceptors (Lipinski definition) is 5. The van der Waals surface area contributed by atoms with Crippen LogP contribution in [0, 0.1) is 0 Å². The highest BCUT2D eigenvalue weighted by Crippen LogP contribution is 2.50. The van der Waals surface area contributed by atoms with Crippen molar-refractivity contribution in [2.24, 2.45) is 0 Å². The molecular formula is C26H34N4S. The second-order valence-corrected chi connectivity index (χ2v) is 9.75. The van der Waals surface area contributed by atoms with Crippen LogP contribution in [-0.4, -0.2) is 54.6 Å². The minimum atomic E-state index is 0.333. The highest BCUT2D eigenvalue weighted by molar-refractivity contribution is 8.00. The maximum atomic E-state index is 2.64. The van der Waals surface area contributed by atoms with Gasteiger partial charge in [0.2, 0.25) is 0 Å². The average Bonchev–Trinajstić information content (AvgIpc) is 3.53. The number of thioether (sulfide) groups is 1. The standard InChI is InChI=1S/C26H34N4S/c1-3-27(4-2)15-10-18-29-24(20-30-23-13-5-6-14-25(23)31-26(29)30)21-11-9-12-22(19-21)28-16-7-8-17-28/h5-6,9,11-14,19-20,26H,3-4,7-8,10,15-18H2,1-2H3. The van der Waals surface area contributed by atoms with Crippen molar-refractivity contribution in [1.29, 1.82) is 0 Å². The normalized spacial score (nSPS) is 19.9. The van der Waals surface area contributed by atoms with Gasteiger partial charge in [-0.15, -0.1) is 0 Å². The molecule has 31 heavy (non-hydrogen) atoms. The Bertz CT molecular complexity index is 933. The van der Waals surface area contributed by atoms with Crippen molar-refractivity contribution < 1.29 is 0 Å². The van der Waals surface area contributed by atoms with Gasteiger partial charge in [0.25, 0.3) is 0 Å². The van der Waals surface area contributed by atoms with E-state index in [1.165, 1.54) is 59.9 Å². The molecule has 0 aromatic heterocycles. The summed E-state index contributed by atoms with van der Waals surface area (Å²) in [4.78, 5) is 11.6. The van der Waals surface area contributed by atoms with Crippen LogP contribution in [0.5, 0.6) is 0 Å². The van der Waals surface area contributed by atoms with Gasteiger partial charge in [0.1, 0.15) is 0 Å². The van der Waals surface area contributed by atoms with Gasteiger partial charge in [0.05, 0.1) is 11.4 Å². The molecule has 0 saturated carbocycles. The Hall–Kier alpha value is -2.11. The summed E-state index contributed by atoms with van der Waals surface area (Å²) in [6.07, 6.45) is 6.21. The van der Waals surface area contributed by atoms with Crippen LogP contribution in [0.25, 0.3) is 5.70 Å². The van der Waals surface area contributed by atoms with Gasteiger partial charge in [-0.3, -0.25) is 0 Å². The van der Waals surface area contributed by atoms with E-state index in [1.807, 2.05) is 11.8 Å². The molecule has 0 radical (unpaired) electrons. The molecule has 1 fully saturated rings. The molecule has 3 aliphatic heterocycles. The molecule has 5 heteroatoms. The summed E-state index contributed by atoms with van der Waals surface area (Å²) in [5, 5.41) is 0. The number of anilines is 2. The van der Waals surface area contributed by atoms with Gasteiger partial charge in [-0.05, 0) is 63.2 Å². The van der Waals surface area contributed by atoms with Crippen LogP contribution < -0.4 is 9.80 Å². The predicted octanol–water partition coefficient (Wildman–Crippen LogP) is 5.53. The van der Waals surface area contributed by atoms with Crippen molar-refractivity contribution >= 4 is 28.8 Å². The number of fused-ring (bicyclic) bond motifs is 3. The van der Waals surface area contributed by atoms with E-state index < -0.39 is 0 Å². The summed E-state index contributed by atoms with van der Waals surface area (Å²) < 4.78 is 0. The van der Waals surface area contributed by atoms with E-state index in [0.29, 0.717) is 5.50 Å². The van der Waals surface area contributed by atoms with Crippen molar-refractivity contribution in [3.05, 3.63) is 60.3 Å². The number of para-hydroxylation sites is 1. The molecule has 1 saturated heterocycles. The molecule has 164 valence electrons. The van der Waals surface area contributed by atoms with Gasteiger partial charge in [0, 0.05) is 42.0 Å². The van der Waals surface area contributed by atoms with Crippen LogP contribution in [-0.2, 0) is 0 Å². The molecular weight excluding hydrogens is 400 g/mol. The molecule has 3 heterocycles. The van der Waals surface area contributed by atoms with E-state index in [9.17, 15) is 0 Å². The lowest BCUT2D eigenvalue weighted by atomic mass is 10.1. The fourth-order valence-corrected chi connectivity index (χ4v) is 6.36. The Labute approximate surface area is 191 Å². The molecule has 4 nitrogen and oxygen atoms in total. The van der Waals surface area contributed by atoms with Gasteiger partial charge < -0.3 is 19.6 Å². The lowest BCUT2D eigenvalue weighted by Crippen LogP contribution is -2.36. The van der Waals surface area contributed by atoms with Crippen molar-refractivity contribution in [2.45, 2.75) is 43.5 Å². The SMILES string of the molecule is CCN(CC)CCCN1C(c2cccc(N3CCCC3)c2)=CN2c3ccccc3SC12. The monoisotopic (exact) mass is 434 g/mol. The van der Waals surface area contributed by atoms with Crippen molar-refractivity contribution in [3.63, 3.8) is 0 Å². The molecule has 3 aliphatic rings. The van der Waals surface area contributed by atoms with E-state index in [0.717, 1.165) is 26.2 Å². The third-order valence-electron chi connectivity index (χ3n) is 6.83. The van der Waals surface area contributed by atoms with Crippen LogP contribution in [0.3, 0.4) is 0 Å². The number of nitrogens with zero attached hydrogens (tertiary/aromatic N) is 4. The van der Waals surface area contributed by atoms with Gasteiger partial charge >= 0.3 is 0 Å². The predicted molar refractivity (Wildman–Crippen MR) is 134 cm³/mol. The van der Waals surface area contributed by atoms with E-state index in [-0.39, 0.29) is 0 Å². The fourth-order valence-electron chi connectivity index (χ4n) is 5.04. The molecule has 5 rings (SSSR count). The van der Waals surface area contributed by atoms with E-state index >= 15 is 0 Å². The first-order chi connectivity index (χ1) is 15.3. The lowest BCUT2D eigenvalue weighted by molar-refractivity contribution is 0.278. The summed E-state index contributed by atoms with van der Waals surface area (Å²) >= 11 is 1.99. The lowest BCUT2D eigenvalue weighted by Gasteiger charge is -2.30. The Kier molecular flexibility index (Phi) is 6.15. The summed E-state index contributed by atoms with van der Waals surface area (Å²) in [5.41, 5.74) is 5.77. The second-order valence-electron chi connectivity index (χ2n) is 8.65. The van der Waals surface area contributed by atoms with Crippen LogP contribution in [0.2, 0.25) is 0 Å². The van der Waals surface area contributed by atoms with E-state index in [1.54, 1.807) is 0 Å². The van der Waals surface area contributed by atoms with Crippen molar-refractivity contribution in [2.75, 3.05) is 49.1 Å². The summed E-state index contributed by atoms with van der Waals surface area (Å²) in [7, 11) is 0. The third-order valence-corrected chi connectivity index (χ3v) is 8.12. The molecule has 2 aromatic rings. The maximum absolute atomic E-state index is 2.64. The first kappa shape index (κ1) is 20.8. The van der Waals surface area contributed by atoms with Gasteiger partial charge in [0.15, 0.2) is 5.50 Å². The Morgan fingerprint density at radius 2 is 1.81 bits per heavy atom. The fraction of sp³-hybridized carbons (Fsp3) is 0.462. The molecule has 1 atom stereocenters. The topological polar surface area (TPSA) is 13.0 Å². The van der Waals surface area contributed by atoms with E-state index in [2.05, 4.69) is 88.2 Å². The Morgan fingerprint density at radius 3 is 2.61 bits per heavy atom. The minimum absolute atomic E-state index is 0.333. The molecule has 0 amide bonds. The first-order valence-corrected chi connectivity index (χ1v) is 12.8. The van der Waals surface area contributed by atoms with Crippen LogP contribution in [0.15, 0.2) is 59.6 Å². The van der Waals surface area contributed by atoms with Crippen molar-refractivity contribution in [3.8, 4) is 0 Å². The van der Waals surface area contributed by atoms with Gasteiger partial charge in [-0.2, -0.15) is 0 Å². The largest absolute Gasteiger partial charge is 0.372 e. The Morgan fingerprint density at radius 1 is 1.00 bits per heavy atom. The molecule has 0 bridgehead atoms. The molecule has 0 N–H and O–H groups in total. The molecule has 1 unspecified atom stereocenters. The zero-order valence-corrected chi connectivity index (χ0v) is 19.7. The number of benzene rings is 2. The maximum Gasteiger partial charge on any atom is 0.159 e. The summed E-state index contributed by atoms with van der Waals surface area (Å²) in [6, 6.07) is 18.1. The first-order valence-electron chi connectivity index (χ1n) is 11.9. The van der Waals surface area contributed by atoms with Crippen molar-refractivity contribution in [1.82, 2.24) is 9.80 Å². The minimum Gasteiger partial charge on any atom is -0.372 e. The zero-order chi connectivity index (χ0) is 21.2. The summed E-state index contributed by atoms with van der Waals surface area (Å²) in [6.45, 7) is 11.4. The second kappa shape index (κ2) is 9.17. The molecule has 0 aliphatic carbocycles. The number of hydrogen-bond donors (Lipinski definition) is 0.